The average molecular weight is 297 g/mol. The molecule has 114 valence electrons. The van der Waals surface area contributed by atoms with Crippen molar-refractivity contribution in [3.63, 3.8) is 0 Å². The maximum atomic E-state index is 12.2. The van der Waals surface area contributed by atoms with Gasteiger partial charge in [-0.25, -0.2) is 0 Å². The first kappa shape index (κ1) is 15.9. The minimum Gasteiger partial charge on any atom is -0.480 e. The van der Waals surface area contributed by atoms with E-state index in [9.17, 15) is 14.7 Å². The molecule has 0 amide bonds. The van der Waals surface area contributed by atoms with Gasteiger partial charge in [0.15, 0.2) is 5.78 Å². The van der Waals surface area contributed by atoms with Crippen molar-refractivity contribution < 1.29 is 14.7 Å². The minimum absolute atomic E-state index is 0.0772. The Morgan fingerprint density at radius 2 is 1.55 bits per heavy atom. The molecule has 2 aromatic carbocycles. The molecule has 1 unspecified atom stereocenters. The van der Waals surface area contributed by atoms with Crippen LogP contribution in [-0.2, 0) is 11.2 Å². The Bertz CT molecular complexity index is 625. The standard InChI is InChI=1S/C18H19NO3/c1-19(13-17(20)15-10-6-3-7-11-15)16(18(21)22)12-14-8-4-2-5-9-14/h2-11,16H,12-13H2,1H3,(H,21,22). The fourth-order valence-electron chi connectivity index (χ4n) is 2.32. The van der Waals surface area contributed by atoms with Crippen LogP contribution in [0.4, 0.5) is 0 Å². The van der Waals surface area contributed by atoms with Crippen LogP contribution < -0.4 is 0 Å². The van der Waals surface area contributed by atoms with Crippen LogP contribution in [0, 0.1) is 0 Å². The number of likely N-dealkylation sites (N-methyl/N-ethyl adjacent to an activating group) is 1. The molecule has 0 aromatic heterocycles. The summed E-state index contributed by atoms with van der Waals surface area (Å²) < 4.78 is 0. The van der Waals surface area contributed by atoms with E-state index in [0.717, 1.165) is 5.56 Å². The van der Waals surface area contributed by atoms with Gasteiger partial charge in [0.2, 0.25) is 0 Å². The Balaban J connectivity index is 2.05. The molecule has 0 fully saturated rings. The van der Waals surface area contributed by atoms with Crippen LogP contribution in [0.5, 0.6) is 0 Å². The summed E-state index contributed by atoms with van der Waals surface area (Å²) in [6.45, 7) is 0.0772. The highest BCUT2D eigenvalue weighted by atomic mass is 16.4. The van der Waals surface area contributed by atoms with Crippen LogP contribution in [-0.4, -0.2) is 41.4 Å². The molecule has 4 nitrogen and oxygen atoms in total. The molecular weight excluding hydrogens is 278 g/mol. The molecule has 0 bridgehead atoms. The molecule has 4 heteroatoms. The average Bonchev–Trinajstić information content (AvgIpc) is 2.54. The van der Waals surface area contributed by atoms with Gasteiger partial charge in [0.05, 0.1) is 6.54 Å². The van der Waals surface area contributed by atoms with Gasteiger partial charge in [0, 0.05) is 5.56 Å². The van der Waals surface area contributed by atoms with Crippen molar-refractivity contribution in [1.29, 1.82) is 0 Å². The van der Waals surface area contributed by atoms with E-state index in [4.69, 9.17) is 0 Å². The first-order chi connectivity index (χ1) is 10.6. The number of carbonyl (C=O) groups is 2. The second kappa shape index (κ2) is 7.52. The van der Waals surface area contributed by atoms with Crippen LogP contribution in [0.15, 0.2) is 60.7 Å². The highest BCUT2D eigenvalue weighted by Crippen LogP contribution is 2.10. The van der Waals surface area contributed by atoms with Gasteiger partial charge in [0.25, 0.3) is 0 Å². The second-order valence-electron chi connectivity index (χ2n) is 5.25. The summed E-state index contributed by atoms with van der Waals surface area (Å²) in [7, 11) is 1.67. The number of Topliss-reactive ketones (excluding diaryl/α,β-unsaturated/α-hetero) is 1. The SMILES string of the molecule is CN(CC(=O)c1ccccc1)C(Cc1ccccc1)C(=O)O. The molecule has 0 aliphatic carbocycles. The maximum Gasteiger partial charge on any atom is 0.321 e. The van der Waals surface area contributed by atoms with E-state index in [2.05, 4.69) is 0 Å². The first-order valence-electron chi connectivity index (χ1n) is 7.13. The molecular formula is C18H19NO3. The maximum absolute atomic E-state index is 12.2. The number of hydrogen-bond donors (Lipinski definition) is 1. The summed E-state index contributed by atoms with van der Waals surface area (Å²) in [5.41, 5.74) is 1.53. The molecule has 0 saturated carbocycles. The quantitative estimate of drug-likeness (QED) is 0.798. The van der Waals surface area contributed by atoms with Crippen molar-refractivity contribution in [2.45, 2.75) is 12.5 Å². The number of nitrogens with zero attached hydrogens (tertiary/aromatic N) is 1. The Labute approximate surface area is 130 Å². The summed E-state index contributed by atoms with van der Waals surface area (Å²) in [4.78, 5) is 25.3. The molecule has 0 saturated heterocycles. The number of carbonyl (C=O) groups excluding carboxylic acids is 1. The van der Waals surface area contributed by atoms with Crippen molar-refractivity contribution in [1.82, 2.24) is 4.90 Å². The molecule has 0 heterocycles. The van der Waals surface area contributed by atoms with Gasteiger partial charge < -0.3 is 5.11 Å². The van der Waals surface area contributed by atoms with E-state index in [0.29, 0.717) is 12.0 Å². The van der Waals surface area contributed by atoms with E-state index in [1.165, 1.54) is 0 Å². The van der Waals surface area contributed by atoms with Gasteiger partial charge in [-0.05, 0) is 19.0 Å². The predicted molar refractivity (Wildman–Crippen MR) is 85.0 cm³/mol. The lowest BCUT2D eigenvalue weighted by molar-refractivity contribution is -0.142. The zero-order chi connectivity index (χ0) is 15.9. The van der Waals surface area contributed by atoms with Crippen molar-refractivity contribution in [2.24, 2.45) is 0 Å². The van der Waals surface area contributed by atoms with E-state index < -0.39 is 12.0 Å². The van der Waals surface area contributed by atoms with Gasteiger partial charge in [-0.3, -0.25) is 14.5 Å². The molecule has 1 N–H and O–H groups in total. The predicted octanol–water partition coefficient (Wildman–Crippen LogP) is 2.50. The van der Waals surface area contributed by atoms with E-state index in [1.807, 2.05) is 36.4 Å². The number of ketones is 1. The number of carboxylic acid groups (broad SMARTS) is 1. The molecule has 0 aliphatic rings. The zero-order valence-electron chi connectivity index (χ0n) is 12.5. The molecule has 0 spiro atoms. The molecule has 0 radical (unpaired) electrons. The summed E-state index contributed by atoms with van der Waals surface area (Å²) >= 11 is 0. The van der Waals surface area contributed by atoms with E-state index in [-0.39, 0.29) is 12.3 Å². The van der Waals surface area contributed by atoms with Crippen molar-refractivity contribution in [3.8, 4) is 0 Å². The van der Waals surface area contributed by atoms with E-state index in [1.54, 1.807) is 36.2 Å². The third-order valence-electron chi connectivity index (χ3n) is 3.58. The summed E-state index contributed by atoms with van der Waals surface area (Å²) in [5.74, 6) is -1.00. The summed E-state index contributed by atoms with van der Waals surface area (Å²) in [6.07, 6.45) is 0.370. The van der Waals surface area contributed by atoms with Gasteiger partial charge in [-0.2, -0.15) is 0 Å². The number of benzene rings is 2. The Morgan fingerprint density at radius 1 is 1.00 bits per heavy atom. The molecule has 0 aliphatic heterocycles. The van der Waals surface area contributed by atoms with Crippen LogP contribution in [0.25, 0.3) is 0 Å². The van der Waals surface area contributed by atoms with Crippen LogP contribution in [0.3, 0.4) is 0 Å². The largest absolute Gasteiger partial charge is 0.480 e. The first-order valence-corrected chi connectivity index (χ1v) is 7.13. The number of aliphatic carboxylic acids is 1. The lowest BCUT2D eigenvalue weighted by Gasteiger charge is -2.24. The topological polar surface area (TPSA) is 57.6 Å². The second-order valence-corrected chi connectivity index (χ2v) is 5.25. The summed E-state index contributed by atoms with van der Waals surface area (Å²) in [5, 5.41) is 9.44. The fourth-order valence-corrected chi connectivity index (χ4v) is 2.32. The van der Waals surface area contributed by atoms with Crippen LogP contribution >= 0.6 is 0 Å². The van der Waals surface area contributed by atoms with Crippen LogP contribution in [0.2, 0.25) is 0 Å². The fraction of sp³-hybridized carbons (Fsp3) is 0.222. The van der Waals surface area contributed by atoms with Gasteiger partial charge >= 0.3 is 5.97 Å². The van der Waals surface area contributed by atoms with Gasteiger partial charge in [0.1, 0.15) is 6.04 Å². The lowest BCUT2D eigenvalue weighted by atomic mass is 10.0. The van der Waals surface area contributed by atoms with Crippen LogP contribution in [0.1, 0.15) is 15.9 Å². The minimum atomic E-state index is -0.924. The van der Waals surface area contributed by atoms with Crippen molar-refractivity contribution in [3.05, 3.63) is 71.8 Å². The number of rotatable bonds is 7. The smallest absolute Gasteiger partial charge is 0.321 e. The number of hydrogen-bond acceptors (Lipinski definition) is 3. The zero-order valence-corrected chi connectivity index (χ0v) is 12.5. The number of carboxylic acids is 1. The molecule has 22 heavy (non-hydrogen) atoms. The Kier molecular flexibility index (Phi) is 5.44. The third-order valence-corrected chi connectivity index (χ3v) is 3.58. The monoisotopic (exact) mass is 297 g/mol. The molecule has 2 rings (SSSR count). The van der Waals surface area contributed by atoms with Gasteiger partial charge in [-0.1, -0.05) is 60.7 Å². The lowest BCUT2D eigenvalue weighted by Crippen LogP contribution is -2.42. The highest BCUT2D eigenvalue weighted by molar-refractivity contribution is 5.97. The van der Waals surface area contributed by atoms with E-state index >= 15 is 0 Å². The summed E-state index contributed by atoms with van der Waals surface area (Å²) in [6, 6.07) is 17.6. The van der Waals surface area contributed by atoms with Gasteiger partial charge in [-0.15, -0.1) is 0 Å². The molecule has 1 atom stereocenters. The molecule has 2 aromatic rings. The Hall–Kier alpha value is -2.46. The Morgan fingerprint density at radius 3 is 2.09 bits per heavy atom. The normalized spacial score (nSPS) is 12.1. The van der Waals surface area contributed by atoms with Crippen molar-refractivity contribution >= 4 is 11.8 Å². The van der Waals surface area contributed by atoms with Crippen molar-refractivity contribution in [2.75, 3.05) is 13.6 Å². The third kappa shape index (κ3) is 4.27. The highest BCUT2D eigenvalue weighted by Gasteiger charge is 2.24.